The van der Waals surface area contributed by atoms with Crippen LogP contribution in [0.4, 0.5) is 0 Å². The SMILES string of the molecule is COc1ccc(C2(C)c3ccccc3CN2C(C)=O)cc1. The third kappa shape index (κ3) is 2.00. The second kappa shape index (κ2) is 4.92. The van der Waals surface area contributed by atoms with E-state index in [-0.39, 0.29) is 5.91 Å². The van der Waals surface area contributed by atoms with Gasteiger partial charge in [0.15, 0.2) is 0 Å². The zero-order valence-corrected chi connectivity index (χ0v) is 12.6. The van der Waals surface area contributed by atoms with Crippen molar-refractivity contribution in [2.75, 3.05) is 7.11 Å². The van der Waals surface area contributed by atoms with E-state index < -0.39 is 5.54 Å². The Balaban J connectivity index is 2.16. The van der Waals surface area contributed by atoms with Crippen molar-refractivity contribution >= 4 is 5.91 Å². The molecular weight excluding hydrogens is 262 g/mol. The minimum atomic E-state index is -0.422. The van der Waals surface area contributed by atoms with Crippen molar-refractivity contribution < 1.29 is 9.53 Å². The summed E-state index contributed by atoms with van der Waals surface area (Å²) in [6.45, 7) is 4.41. The van der Waals surface area contributed by atoms with E-state index in [1.807, 2.05) is 41.3 Å². The van der Waals surface area contributed by atoms with Gasteiger partial charge in [-0.2, -0.15) is 0 Å². The van der Waals surface area contributed by atoms with Gasteiger partial charge in [0.2, 0.25) is 5.91 Å². The highest BCUT2D eigenvalue weighted by Crippen LogP contribution is 2.44. The van der Waals surface area contributed by atoms with Crippen LogP contribution in [0.1, 0.15) is 30.5 Å². The zero-order chi connectivity index (χ0) is 15.0. The van der Waals surface area contributed by atoms with Crippen LogP contribution in [0.3, 0.4) is 0 Å². The first kappa shape index (κ1) is 13.7. The van der Waals surface area contributed by atoms with Gasteiger partial charge >= 0.3 is 0 Å². The van der Waals surface area contributed by atoms with E-state index in [1.165, 1.54) is 11.1 Å². The molecule has 2 aromatic rings. The predicted molar refractivity (Wildman–Crippen MR) is 82.1 cm³/mol. The Labute approximate surface area is 125 Å². The van der Waals surface area contributed by atoms with Crippen molar-refractivity contribution in [3.8, 4) is 5.75 Å². The van der Waals surface area contributed by atoms with E-state index >= 15 is 0 Å². The quantitative estimate of drug-likeness (QED) is 0.845. The summed E-state index contributed by atoms with van der Waals surface area (Å²) in [4.78, 5) is 14.1. The van der Waals surface area contributed by atoms with Crippen LogP contribution in [-0.2, 0) is 16.9 Å². The van der Waals surface area contributed by atoms with Crippen LogP contribution in [0.25, 0.3) is 0 Å². The summed E-state index contributed by atoms with van der Waals surface area (Å²) in [6.07, 6.45) is 0. The summed E-state index contributed by atoms with van der Waals surface area (Å²) in [5.41, 5.74) is 3.09. The van der Waals surface area contributed by atoms with Gasteiger partial charge in [-0.15, -0.1) is 0 Å². The Morgan fingerprint density at radius 1 is 1.14 bits per heavy atom. The van der Waals surface area contributed by atoms with Gasteiger partial charge in [-0.05, 0) is 35.7 Å². The second-order valence-electron chi connectivity index (χ2n) is 5.56. The topological polar surface area (TPSA) is 29.5 Å². The molecule has 0 fully saturated rings. The third-order valence-corrected chi connectivity index (χ3v) is 4.44. The van der Waals surface area contributed by atoms with Crippen LogP contribution in [0, 0.1) is 0 Å². The van der Waals surface area contributed by atoms with Gasteiger partial charge in [-0.25, -0.2) is 0 Å². The first-order valence-electron chi connectivity index (χ1n) is 7.08. The first-order valence-corrected chi connectivity index (χ1v) is 7.08. The smallest absolute Gasteiger partial charge is 0.220 e. The molecule has 0 radical (unpaired) electrons. The third-order valence-electron chi connectivity index (χ3n) is 4.44. The van der Waals surface area contributed by atoms with E-state index in [0.29, 0.717) is 6.54 Å². The van der Waals surface area contributed by atoms with Gasteiger partial charge in [0.1, 0.15) is 5.75 Å². The number of nitrogens with zero attached hydrogens (tertiary/aromatic N) is 1. The molecule has 0 aromatic heterocycles. The summed E-state index contributed by atoms with van der Waals surface area (Å²) >= 11 is 0. The monoisotopic (exact) mass is 281 g/mol. The fourth-order valence-electron chi connectivity index (χ4n) is 3.26. The molecular formula is C18H19NO2. The van der Waals surface area contributed by atoms with Crippen molar-refractivity contribution in [1.82, 2.24) is 4.90 Å². The number of hydrogen-bond donors (Lipinski definition) is 0. The van der Waals surface area contributed by atoms with Crippen molar-refractivity contribution in [3.63, 3.8) is 0 Å². The summed E-state index contributed by atoms with van der Waals surface area (Å²) < 4.78 is 5.23. The molecule has 1 amide bonds. The molecule has 1 aliphatic heterocycles. The highest BCUT2D eigenvalue weighted by molar-refractivity contribution is 5.77. The number of rotatable bonds is 2. The Morgan fingerprint density at radius 2 is 1.81 bits per heavy atom. The molecule has 2 aromatic carbocycles. The summed E-state index contributed by atoms with van der Waals surface area (Å²) in [6, 6.07) is 16.2. The van der Waals surface area contributed by atoms with Crippen LogP contribution < -0.4 is 4.74 Å². The van der Waals surface area contributed by atoms with E-state index in [0.717, 1.165) is 11.3 Å². The number of carbonyl (C=O) groups excluding carboxylic acids is 1. The van der Waals surface area contributed by atoms with Gasteiger partial charge in [-0.1, -0.05) is 36.4 Å². The molecule has 0 bridgehead atoms. The van der Waals surface area contributed by atoms with E-state index in [4.69, 9.17) is 4.74 Å². The van der Waals surface area contributed by atoms with Crippen molar-refractivity contribution in [1.29, 1.82) is 0 Å². The van der Waals surface area contributed by atoms with Gasteiger partial charge in [0.05, 0.1) is 12.6 Å². The predicted octanol–water partition coefficient (Wildman–Crippen LogP) is 3.32. The Hall–Kier alpha value is -2.29. The molecule has 0 saturated carbocycles. The number of methoxy groups -OCH3 is 1. The minimum absolute atomic E-state index is 0.0875. The number of fused-ring (bicyclic) bond motifs is 1. The number of amides is 1. The highest BCUT2D eigenvalue weighted by Gasteiger charge is 2.43. The lowest BCUT2D eigenvalue weighted by atomic mass is 9.84. The average Bonchev–Trinajstić information content (AvgIpc) is 2.82. The Kier molecular flexibility index (Phi) is 3.20. The van der Waals surface area contributed by atoms with E-state index in [2.05, 4.69) is 19.1 Å². The van der Waals surface area contributed by atoms with Crippen LogP contribution in [0.2, 0.25) is 0 Å². The summed E-state index contributed by atoms with van der Waals surface area (Å²) in [5, 5.41) is 0. The molecule has 3 nitrogen and oxygen atoms in total. The highest BCUT2D eigenvalue weighted by atomic mass is 16.5. The number of carbonyl (C=O) groups is 1. The maximum absolute atomic E-state index is 12.1. The molecule has 0 spiro atoms. The molecule has 1 unspecified atom stereocenters. The first-order chi connectivity index (χ1) is 10.1. The number of ether oxygens (including phenoxy) is 1. The molecule has 1 atom stereocenters. The van der Waals surface area contributed by atoms with Crippen molar-refractivity contribution in [2.24, 2.45) is 0 Å². The Bertz CT molecular complexity index is 678. The van der Waals surface area contributed by atoms with Crippen LogP contribution in [0.5, 0.6) is 5.75 Å². The number of hydrogen-bond acceptors (Lipinski definition) is 2. The molecule has 0 N–H and O–H groups in total. The molecule has 1 heterocycles. The maximum atomic E-state index is 12.1. The summed E-state index contributed by atoms with van der Waals surface area (Å²) in [7, 11) is 1.66. The van der Waals surface area contributed by atoms with Crippen LogP contribution >= 0.6 is 0 Å². The zero-order valence-electron chi connectivity index (χ0n) is 12.6. The minimum Gasteiger partial charge on any atom is -0.497 e. The van der Waals surface area contributed by atoms with Crippen molar-refractivity contribution in [2.45, 2.75) is 25.9 Å². The van der Waals surface area contributed by atoms with Crippen LogP contribution in [-0.4, -0.2) is 17.9 Å². The van der Waals surface area contributed by atoms with Crippen molar-refractivity contribution in [3.05, 3.63) is 65.2 Å². The number of benzene rings is 2. The molecule has 21 heavy (non-hydrogen) atoms. The lowest BCUT2D eigenvalue weighted by Gasteiger charge is -2.36. The molecule has 3 heteroatoms. The fraction of sp³-hybridized carbons (Fsp3) is 0.278. The van der Waals surface area contributed by atoms with Gasteiger partial charge in [0, 0.05) is 13.5 Å². The lowest BCUT2D eigenvalue weighted by Crippen LogP contribution is -2.42. The maximum Gasteiger partial charge on any atom is 0.220 e. The van der Waals surface area contributed by atoms with Gasteiger partial charge in [-0.3, -0.25) is 4.79 Å². The van der Waals surface area contributed by atoms with Gasteiger partial charge in [0.25, 0.3) is 0 Å². The van der Waals surface area contributed by atoms with E-state index in [9.17, 15) is 4.79 Å². The van der Waals surface area contributed by atoms with Crippen LogP contribution in [0.15, 0.2) is 48.5 Å². The van der Waals surface area contributed by atoms with Gasteiger partial charge < -0.3 is 9.64 Å². The fourth-order valence-corrected chi connectivity index (χ4v) is 3.26. The molecule has 3 rings (SSSR count). The lowest BCUT2D eigenvalue weighted by molar-refractivity contribution is -0.133. The molecule has 108 valence electrons. The largest absolute Gasteiger partial charge is 0.497 e. The average molecular weight is 281 g/mol. The second-order valence-corrected chi connectivity index (χ2v) is 5.56. The molecule has 0 saturated heterocycles. The molecule has 1 aliphatic rings. The normalized spacial score (nSPS) is 20.2. The Morgan fingerprint density at radius 3 is 2.43 bits per heavy atom. The summed E-state index contributed by atoms with van der Waals surface area (Å²) in [5.74, 6) is 0.910. The standard InChI is InChI=1S/C18H19NO2/c1-13(20)19-12-14-6-4-5-7-17(14)18(19,2)15-8-10-16(21-3)11-9-15/h4-11H,12H2,1-3H3. The molecule has 0 aliphatic carbocycles. The van der Waals surface area contributed by atoms with E-state index in [1.54, 1.807) is 14.0 Å².